The third-order valence-corrected chi connectivity index (χ3v) is 2.19. The molecule has 0 aromatic heterocycles. The first-order chi connectivity index (χ1) is 4.99. The van der Waals surface area contributed by atoms with Crippen LogP contribution in [-0.4, -0.2) is 11.3 Å². The number of hydrogen-bond donors (Lipinski definition) is 1. The van der Waals surface area contributed by atoms with Crippen molar-refractivity contribution in [3.8, 4) is 0 Å². The molecule has 1 saturated carbocycles. The summed E-state index contributed by atoms with van der Waals surface area (Å²) in [7, 11) is 0. The standard InChI is InChI=1S/C9H17NO/c1-9(2,10)6-8(11)7-4-3-5-7/h7H,3-6,10H2,1-2H3. The number of Topliss-reactive ketones (excluding diaryl/α,β-unsaturated/α-hetero) is 1. The molecule has 0 heterocycles. The predicted octanol–water partition coefficient (Wildman–Crippen LogP) is 1.48. The quantitative estimate of drug-likeness (QED) is 0.671. The van der Waals surface area contributed by atoms with Crippen LogP contribution in [0.25, 0.3) is 0 Å². The van der Waals surface area contributed by atoms with Gasteiger partial charge in [0.2, 0.25) is 0 Å². The van der Waals surface area contributed by atoms with Crippen LogP contribution in [0.1, 0.15) is 39.5 Å². The van der Waals surface area contributed by atoms with Crippen molar-refractivity contribution in [2.45, 2.75) is 45.1 Å². The molecule has 1 aliphatic rings. The molecule has 0 aromatic rings. The largest absolute Gasteiger partial charge is 0.325 e. The minimum absolute atomic E-state index is 0.313. The summed E-state index contributed by atoms with van der Waals surface area (Å²) in [4.78, 5) is 11.4. The van der Waals surface area contributed by atoms with Gasteiger partial charge >= 0.3 is 0 Å². The molecule has 11 heavy (non-hydrogen) atoms. The lowest BCUT2D eigenvalue weighted by molar-refractivity contribution is -0.126. The van der Waals surface area contributed by atoms with Gasteiger partial charge in [-0.05, 0) is 26.7 Å². The molecule has 64 valence electrons. The normalized spacial score (nSPS) is 19.5. The highest BCUT2D eigenvalue weighted by atomic mass is 16.1. The Bertz CT molecular complexity index is 153. The molecule has 1 rings (SSSR count). The van der Waals surface area contributed by atoms with Crippen LogP contribution in [0, 0.1) is 5.92 Å². The van der Waals surface area contributed by atoms with E-state index in [1.54, 1.807) is 0 Å². The molecular weight excluding hydrogens is 138 g/mol. The van der Waals surface area contributed by atoms with Gasteiger partial charge in [-0.15, -0.1) is 0 Å². The lowest BCUT2D eigenvalue weighted by Crippen LogP contribution is -2.37. The zero-order chi connectivity index (χ0) is 8.48. The highest BCUT2D eigenvalue weighted by molar-refractivity contribution is 5.82. The molecule has 0 spiro atoms. The molecule has 0 aliphatic heterocycles. The third kappa shape index (κ3) is 2.62. The van der Waals surface area contributed by atoms with Gasteiger partial charge in [0, 0.05) is 17.9 Å². The van der Waals surface area contributed by atoms with Crippen LogP contribution < -0.4 is 5.73 Å². The van der Waals surface area contributed by atoms with Gasteiger partial charge in [-0.25, -0.2) is 0 Å². The first-order valence-electron chi connectivity index (χ1n) is 4.31. The van der Waals surface area contributed by atoms with Crippen molar-refractivity contribution in [3.05, 3.63) is 0 Å². The maximum atomic E-state index is 11.4. The number of ketones is 1. The summed E-state index contributed by atoms with van der Waals surface area (Å²) in [6, 6.07) is 0. The van der Waals surface area contributed by atoms with Gasteiger partial charge in [-0.3, -0.25) is 4.79 Å². The number of carbonyl (C=O) groups excluding carboxylic acids is 1. The van der Waals surface area contributed by atoms with Crippen LogP contribution in [-0.2, 0) is 4.79 Å². The summed E-state index contributed by atoms with van der Waals surface area (Å²) in [5, 5.41) is 0. The molecule has 0 radical (unpaired) electrons. The van der Waals surface area contributed by atoms with E-state index in [9.17, 15) is 4.79 Å². The Labute approximate surface area is 68.2 Å². The lowest BCUT2D eigenvalue weighted by atomic mass is 9.79. The van der Waals surface area contributed by atoms with Crippen LogP contribution in [0.2, 0.25) is 0 Å². The summed E-state index contributed by atoms with van der Waals surface area (Å²) >= 11 is 0. The zero-order valence-corrected chi connectivity index (χ0v) is 7.39. The molecule has 0 aromatic carbocycles. The van der Waals surface area contributed by atoms with E-state index < -0.39 is 0 Å². The Balaban J connectivity index is 2.31. The van der Waals surface area contributed by atoms with Gasteiger partial charge in [-0.1, -0.05) is 6.42 Å². The minimum atomic E-state index is -0.313. The van der Waals surface area contributed by atoms with Crippen molar-refractivity contribution in [1.82, 2.24) is 0 Å². The number of nitrogens with two attached hydrogens (primary N) is 1. The highest BCUT2D eigenvalue weighted by Gasteiger charge is 2.28. The molecular formula is C9H17NO. The van der Waals surface area contributed by atoms with Crippen LogP contribution in [0.4, 0.5) is 0 Å². The van der Waals surface area contributed by atoms with E-state index in [-0.39, 0.29) is 5.54 Å². The fourth-order valence-corrected chi connectivity index (χ4v) is 1.32. The van der Waals surface area contributed by atoms with Crippen molar-refractivity contribution in [2.75, 3.05) is 0 Å². The maximum absolute atomic E-state index is 11.4. The smallest absolute Gasteiger partial charge is 0.137 e. The molecule has 2 N–H and O–H groups in total. The Hall–Kier alpha value is -0.370. The molecule has 0 amide bonds. The SMILES string of the molecule is CC(C)(N)CC(=O)C1CCC1. The van der Waals surface area contributed by atoms with E-state index in [0.717, 1.165) is 12.8 Å². The highest BCUT2D eigenvalue weighted by Crippen LogP contribution is 2.29. The topological polar surface area (TPSA) is 43.1 Å². The predicted molar refractivity (Wildman–Crippen MR) is 45.2 cm³/mol. The summed E-state index contributed by atoms with van der Waals surface area (Å²) in [5.74, 6) is 0.710. The second kappa shape index (κ2) is 2.94. The summed E-state index contributed by atoms with van der Waals surface area (Å²) in [5.41, 5.74) is 5.42. The van der Waals surface area contributed by atoms with Crippen LogP contribution in [0.5, 0.6) is 0 Å². The Morgan fingerprint density at radius 1 is 1.55 bits per heavy atom. The van der Waals surface area contributed by atoms with E-state index in [0.29, 0.717) is 18.1 Å². The Kier molecular flexibility index (Phi) is 2.33. The van der Waals surface area contributed by atoms with Crippen molar-refractivity contribution >= 4 is 5.78 Å². The fourth-order valence-electron chi connectivity index (χ4n) is 1.32. The molecule has 0 bridgehead atoms. The van der Waals surface area contributed by atoms with Gasteiger partial charge < -0.3 is 5.73 Å². The number of hydrogen-bond acceptors (Lipinski definition) is 2. The molecule has 0 saturated heterocycles. The lowest BCUT2D eigenvalue weighted by Gasteiger charge is -2.27. The second-order valence-electron chi connectivity index (χ2n) is 4.26. The van der Waals surface area contributed by atoms with Crippen molar-refractivity contribution in [3.63, 3.8) is 0 Å². The number of rotatable bonds is 3. The van der Waals surface area contributed by atoms with Crippen molar-refractivity contribution in [2.24, 2.45) is 11.7 Å². The molecule has 1 aliphatic carbocycles. The van der Waals surface area contributed by atoms with Crippen LogP contribution >= 0.6 is 0 Å². The molecule has 0 atom stereocenters. The summed E-state index contributed by atoms with van der Waals surface area (Å²) in [6.45, 7) is 3.81. The van der Waals surface area contributed by atoms with Crippen LogP contribution in [0.15, 0.2) is 0 Å². The number of carbonyl (C=O) groups is 1. The maximum Gasteiger partial charge on any atom is 0.137 e. The summed E-state index contributed by atoms with van der Waals surface area (Å²) < 4.78 is 0. The first-order valence-corrected chi connectivity index (χ1v) is 4.31. The van der Waals surface area contributed by atoms with Crippen molar-refractivity contribution in [1.29, 1.82) is 0 Å². The Morgan fingerprint density at radius 2 is 2.09 bits per heavy atom. The molecule has 0 unspecified atom stereocenters. The van der Waals surface area contributed by atoms with Crippen LogP contribution in [0.3, 0.4) is 0 Å². The van der Waals surface area contributed by atoms with Gasteiger partial charge in [0.15, 0.2) is 0 Å². The monoisotopic (exact) mass is 155 g/mol. The fraction of sp³-hybridized carbons (Fsp3) is 0.889. The van der Waals surface area contributed by atoms with Gasteiger partial charge in [-0.2, -0.15) is 0 Å². The van der Waals surface area contributed by atoms with E-state index in [1.807, 2.05) is 13.8 Å². The third-order valence-electron chi connectivity index (χ3n) is 2.19. The minimum Gasteiger partial charge on any atom is -0.325 e. The average molecular weight is 155 g/mol. The molecule has 2 nitrogen and oxygen atoms in total. The van der Waals surface area contributed by atoms with Gasteiger partial charge in [0.1, 0.15) is 5.78 Å². The van der Waals surface area contributed by atoms with E-state index in [1.165, 1.54) is 6.42 Å². The van der Waals surface area contributed by atoms with Gasteiger partial charge in [0.05, 0.1) is 0 Å². The second-order valence-corrected chi connectivity index (χ2v) is 4.26. The van der Waals surface area contributed by atoms with Gasteiger partial charge in [0.25, 0.3) is 0 Å². The van der Waals surface area contributed by atoms with E-state index in [4.69, 9.17) is 5.73 Å². The van der Waals surface area contributed by atoms with E-state index >= 15 is 0 Å². The van der Waals surface area contributed by atoms with Crippen molar-refractivity contribution < 1.29 is 4.79 Å². The average Bonchev–Trinajstić information content (AvgIpc) is 1.50. The zero-order valence-electron chi connectivity index (χ0n) is 7.39. The molecule has 1 fully saturated rings. The summed E-state index contributed by atoms with van der Waals surface area (Å²) in [6.07, 6.45) is 3.95. The Morgan fingerprint density at radius 3 is 2.36 bits per heavy atom. The first kappa shape index (κ1) is 8.72. The molecule has 2 heteroatoms. The van der Waals surface area contributed by atoms with E-state index in [2.05, 4.69) is 0 Å².